The van der Waals surface area contributed by atoms with Crippen molar-refractivity contribution in [1.29, 1.82) is 0 Å². The normalized spacial score (nSPS) is 17.9. The van der Waals surface area contributed by atoms with Crippen molar-refractivity contribution < 1.29 is 0 Å². The molecule has 5 rings (SSSR count). The second-order valence-electron chi connectivity index (χ2n) is 7.88. The molecule has 0 radical (unpaired) electrons. The summed E-state index contributed by atoms with van der Waals surface area (Å²) >= 11 is 0. The third kappa shape index (κ3) is 3.71. The SMILES string of the molecule is c1cn(-c2ccc(CN3CCCC(Cc4ccc5[nH]ncc5c4)C3)cc2)cn1. The summed E-state index contributed by atoms with van der Waals surface area (Å²) in [6.45, 7) is 3.40. The maximum Gasteiger partial charge on any atom is 0.0991 e. The van der Waals surface area contributed by atoms with Gasteiger partial charge in [0, 0.05) is 36.6 Å². The summed E-state index contributed by atoms with van der Waals surface area (Å²) in [4.78, 5) is 6.73. The quantitative estimate of drug-likeness (QED) is 0.572. The predicted octanol–water partition coefficient (Wildman–Crippen LogP) is 4.20. The fraction of sp³-hybridized carbons (Fsp3) is 0.304. The fourth-order valence-electron chi connectivity index (χ4n) is 4.36. The molecule has 5 nitrogen and oxygen atoms in total. The number of nitrogens with zero attached hydrogens (tertiary/aromatic N) is 4. The van der Waals surface area contributed by atoms with Crippen molar-refractivity contribution in [2.75, 3.05) is 13.1 Å². The Hall–Kier alpha value is -2.92. The number of benzene rings is 2. The monoisotopic (exact) mass is 371 g/mol. The summed E-state index contributed by atoms with van der Waals surface area (Å²) in [5.41, 5.74) is 5.08. The minimum absolute atomic E-state index is 0.725. The molecule has 0 aliphatic carbocycles. The molecule has 142 valence electrons. The highest BCUT2D eigenvalue weighted by Gasteiger charge is 2.20. The van der Waals surface area contributed by atoms with Gasteiger partial charge in [-0.1, -0.05) is 18.2 Å². The Morgan fingerprint density at radius 3 is 2.82 bits per heavy atom. The minimum Gasteiger partial charge on any atom is -0.306 e. The van der Waals surface area contributed by atoms with Crippen molar-refractivity contribution >= 4 is 10.9 Å². The van der Waals surface area contributed by atoms with Gasteiger partial charge in [0.25, 0.3) is 0 Å². The Morgan fingerprint density at radius 1 is 1.07 bits per heavy atom. The lowest BCUT2D eigenvalue weighted by Gasteiger charge is -2.33. The highest BCUT2D eigenvalue weighted by atomic mass is 15.1. The molecule has 1 fully saturated rings. The first-order chi connectivity index (χ1) is 13.8. The summed E-state index contributed by atoms with van der Waals surface area (Å²) in [6, 6.07) is 15.5. The van der Waals surface area contributed by atoms with Gasteiger partial charge in [0.2, 0.25) is 0 Å². The van der Waals surface area contributed by atoms with Crippen molar-refractivity contribution in [3.05, 3.63) is 78.5 Å². The van der Waals surface area contributed by atoms with Gasteiger partial charge in [0.1, 0.15) is 0 Å². The zero-order valence-corrected chi connectivity index (χ0v) is 16.0. The van der Waals surface area contributed by atoms with Gasteiger partial charge in [-0.25, -0.2) is 4.98 Å². The molecule has 28 heavy (non-hydrogen) atoms. The van der Waals surface area contributed by atoms with Gasteiger partial charge in [-0.2, -0.15) is 5.10 Å². The standard InChI is InChI=1S/C23H25N5/c1-2-20(12-19-5-8-23-21(13-19)14-25-26-23)16-27(10-1)15-18-3-6-22(7-4-18)28-11-9-24-17-28/h3-9,11,13-14,17,20H,1-2,10,12,15-16H2,(H,25,26). The lowest BCUT2D eigenvalue weighted by atomic mass is 9.90. The summed E-state index contributed by atoms with van der Waals surface area (Å²) in [5, 5.41) is 8.38. The zero-order valence-electron chi connectivity index (χ0n) is 16.0. The Labute approximate surface area is 165 Å². The van der Waals surface area contributed by atoms with Gasteiger partial charge >= 0.3 is 0 Å². The number of likely N-dealkylation sites (tertiary alicyclic amines) is 1. The van der Waals surface area contributed by atoms with Crippen LogP contribution in [0.5, 0.6) is 0 Å². The minimum atomic E-state index is 0.725. The number of aromatic amines is 1. The molecule has 2 aromatic heterocycles. The van der Waals surface area contributed by atoms with Crippen LogP contribution in [0.25, 0.3) is 16.6 Å². The van der Waals surface area contributed by atoms with E-state index in [1.54, 1.807) is 0 Å². The molecule has 1 aliphatic rings. The number of imidazole rings is 1. The molecule has 0 bridgehead atoms. The Bertz CT molecular complexity index is 1030. The van der Waals surface area contributed by atoms with Gasteiger partial charge in [-0.05, 0) is 67.1 Å². The average molecular weight is 371 g/mol. The molecule has 4 aromatic rings. The average Bonchev–Trinajstić information content (AvgIpc) is 3.41. The van der Waals surface area contributed by atoms with Crippen LogP contribution < -0.4 is 0 Å². The Kier molecular flexibility index (Phi) is 4.67. The molecule has 0 amide bonds. The maximum absolute atomic E-state index is 4.13. The van der Waals surface area contributed by atoms with Gasteiger partial charge in [0.15, 0.2) is 0 Å². The van der Waals surface area contributed by atoms with Crippen LogP contribution in [0.2, 0.25) is 0 Å². The van der Waals surface area contributed by atoms with Gasteiger partial charge in [-0.3, -0.25) is 10.00 Å². The van der Waals surface area contributed by atoms with Crippen molar-refractivity contribution in [3.63, 3.8) is 0 Å². The summed E-state index contributed by atoms with van der Waals surface area (Å²) in [7, 11) is 0. The van der Waals surface area contributed by atoms with Crippen LogP contribution in [0.15, 0.2) is 67.4 Å². The molecule has 1 atom stereocenters. The molecule has 5 heteroatoms. The molecule has 2 aromatic carbocycles. The topological polar surface area (TPSA) is 49.7 Å². The predicted molar refractivity (Wildman–Crippen MR) is 111 cm³/mol. The first-order valence-corrected chi connectivity index (χ1v) is 10.1. The van der Waals surface area contributed by atoms with Crippen LogP contribution >= 0.6 is 0 Å². The number of H-pyrrole nitrogens is 1. The number of piperidine rings is 1. The number of aromatic nitrogens is 4. The van der Waals surface area contributed by atoms with E-state index in [1.807, 2.05) is 29.5 Å². The van der Waals surface area contributed by atoms with Crippen LogP contribution in [0.1, 0.15) is 24.0 Å². The van der Waals surface area contributed by atoms with Crippen molar-refractivity contribution in [1.82, 2.24) is 24.6 Å². The van der Waals surface area contributed by atoms with Crippen LogP contribution in [0.3, 0.4) is 0 Å². The summed E-state index contributed by atoms with van der Waals surface area (Å²) < 4.78 is 2.04. The lowest BCUT2D eigenvalue weighted by molar-refractivity contribution is 0.167. The van der Waals surface area contributed by atoms with E-state index < -0.39 is 0 Å². The smallest absolute Gasteiger partial charge is 0.0991 e. The largest absolute Gasteiger partial charge is 0.306 e. The van der Waals surface area contributed by atoms with E-state index in [2.05, 4.69) is 62.5 Å². The first-order valence-electron chi connectivity index (χ1n) is 10.1. The number of rotatable bonds is 5. The summed E-state index contributed by atoms with van der Waals surface area (Å²) in [6.07, 6.45) is 11.3. The van der Waals surface area contributed by atoms with E-state index in [0.29, 0.717) is 0 Å². The third-order valence-corrected chi connectivity index (χ3v) is 5.78. The first kappa shape index (κ1) is 17.2. The lowest BCUT2D eigenvalue weighted by Crippen LogP contribution is -2.35. The van der Waals surface area contributed by atoms with Gasteiger partial charge in [-0.15, -0.1) is 0 Å². The highest BCUT2D eigenvalue weighted by molar-refractivity contribution is 5.78. The maximum atomic E-state index is 4.13. The Morgan fingerprint density at radius 2 is 1.96 bits per heavy atom. The molecule has 1 aliphatic heterocycles. The molecule has 1 N–H and O–H groups in total. The number of fused-ring (bicyclic) bond motifs is 1. The second kappa shape index (κ2) is 7.60. The van der Waals surface area contributed by atoms with E-state index >= 15 is 0 Å². The molecule has 1 saturated heterocycles. The molecular formula is C23H25N5. The second-order valence-corrected chi connectivity index (χ2v) is 7.88. The third-order valence-electron chi connectivity index (χ3n) is 5.78. The van der Waals surface area contributed by atoms with E-state index in [-0.39, 0.29) is 0 Å². The molecule has 3 heterocycles. The van der Waals surface area contributed by atoms with E-state index in [9.17, 15) is 0 Å². The van der Waals surface area contributed by atoms with E-state index in [0.717, 1.165) is 30.1 Å². The molecule has 0 spiro atoms. The van der Waals surface area contributed by atoms with Crippen molar-refractivity contribution in [3.8, 4) is 5.69 Å². The van der Waals surface area contributed by atoms with Crippen LogP contribution in [-0.2, 0) is 13.0 Å². The molecule has 0 saturated carbocycles. The summed E-state index contributed by atoms with van der Waals surface area (Å²) in [5.74, 6) is 0.725. The van der Waals surface area contributed by atoms with Gasteiger partial charge < -0.3 is 4.57 Å². The van der Waals surface area contributed by atoms with Crippen molar-refractivity contribution in [2.45, 2.75) is 25.8 Å². The highest BCUT2D eigenvalue weighted by Crippen LogP contribution is 2.24. The van der Waals surface area contributed by atoms with E-state index in [4.69, 9.17) is 0 Å². The Balaban J connectivity index is 1.21. The number of hydrogen-bond donors (Lipinski definition) is 1. The van der Waals surface area contributed by atoms with Crippen LogP contribution in [-0.4, -0.2) is 37.7 Å². The van der Waals surface area contributed by atoms with Gasteiger partial charge in [0.05, 0.1) is 18.0 Å². The molecule has 1 unspecified atom stereocenters. The fourth-order valence-corrected chi connectivity index (χ4v) is 4.36. The zero-order chi connectivity index (χ0) is 18.8. The van der Waals surface area contributed by atoms with Crippen LogP contribution in [0.4, 0.5) is 0 Å². The van der Waals surface area contributed by atoms with Crippen LogP contribution in [0, 0.1) is 5.92 Å². The number of nitrogens with one attached hydrogen (secondary N) is 1. The molecular weight excluding hydrogens is 346 g/mol. The van der Waals surface area contributed by atoms with E-state index in [1.165, 1.54) is 42.4 Å². The van der Waals surface area contributed by atoms with Crippen molar-refractivity contribution in [2.24, 2.45) is 5.92 Å². The number of hydrogen-bond acceptors (Lipinski definition) is 3.